The lowest BCUT2D eigenvalue weighted by molar-refractivity contribution is 0.179. The van der Waals surface area contributed by atoms with E-state index in [0.717, 1.165) is 18.2 Å². The minimum Gasteiger partial charge on any atom is -0.508 e. The van der Waals surface area contributed by atoms with Crippen molar-refractivity contribution in [2.45, 2.75) is 12.5 Å². The minimum atomic E-state index is -1.14. The lowest BCUT2D eigenvalue weighted by atomic mass is 10.1. The Balaban J connectivity index is 3.00. The first-order valence-corrected chi connectivity index (χ1v) is 3.68. The van der Waals surface area contributed by atoms with Crippen LogP contribution in [0.25, 0.3) is 0 Å². The summed E-state index contributed by atoms with van der Waals surface area (Å²) in [6, 6.07) is 4.97. The van der Waals surface area contributed by atoms with E-state index < -0.39 is 11.9 Å². The third-order valence-electron chi connectivity index (χ3n) is 1.63. The van der Waals surface area contributed by atoms with Crippen LogP contribution >= 0.6 is 0 Å². The Morgan fingerprint density at radius 3 is 2.85 bits per heavy atom. The second kappa shape index (κ2) is 3.87. The zero-order valence-corrected chi connectivity index (χ0v) is 6.74. The summed E-state index contributed by atoms with van der Waals surface area (Å²) in [4.78, 5) is 0. The van der Waals surface area contributed by atoms with Crippen molar-refractivity contribution in [1.29, 1.82) is 5.26 Å². The molecule has 0 heterocycles. The van der Waals surface area contributed by atoms with Crippen LogP contribution in [0.2, 0.25) is 0 Å². The quantitative estimate of drug-likeness (QED) is 0.726. The third kappa shape index (κ3) is 2.17. The van der Waals surface area contributed by atoms with Crippen molar-refractivity contribution < 1.29 is 14.6 Å². The number of hydrogen-bond acceptors (Lipinski definition) is 3. The molecule has 0 saturated carbocycles. The number of phenols is 1. The van der Waals surface area contributed by atoms with Gasteiger partial charge in [0.15, 0.2) is 0 Å². The first kappa shape index (κ1) is 9.49. The zero-order valence-electron chi connectivity index (χ0n) is 6.74. The predicted molar refractivity (Wildman–Crippen MR) is 43.3 cm³/mol. The molecule has 1 aromatic carbocycles. The van der Waals surface area contributed by atoms with Crippen LogP contribution in [0, 0.1) is 17.1 Å². The van der Waals surface area contributed by atoms with Gasteiger partial charge in [-0.15, -0.1) is 0 Å². The number of aliphatic hydroxyl groups is 1. The Labute approximate surface area is 74.7 Å². The van der Waals surface area contributed by atoms with Crippen LogP contribution in [0.15, 0.2) is 18.2 Å². The average Bonchev–Trinajstić information content (AvgIpc) is 2.09. The van der Waals surface area contributed by atoms with Gasteiger partial charge in [0.05, 0.1) is 18.6 Å². The molecular weight excluding hydrogens is 173 g/mol. The number of aliphatic hydroxyl groups excluding tert-OH is 1. The molecule has 68 valence electrons. The van der Waals surface area contributed by atoms with Crippen LogP contribution in [0.1, 0.15) is 18.1 Å². The molecule has 1 atom stereocenters. The summed E-state index contributed by atoms with van der Waals surface area (Å²) in [5, 5.41) is 26.7. The monoisotopic (exact) mass is 181 g/mol. The minimum absolute atomic E-state index is 0.0431. The third-order valence-corrected chi connectivity index (χ3v) is 1.63. The molecule has 0 aliphatic carbocycles. The van der Waals surface area contributed by atoms with Crippen molar-refractivity contribution in [3.05, 3.63) is 29.6 Å². The standard InChI is InChI=1S/C9H8FNO2/c10-6-1-2-8(12)7(5-6)9(13)3-4-11/h1-2,5,9,12-13H,3H2. The Morgan fingerprint density at radius 2 is 2.23 bits per heavy atom. The van der Waals surface area contributed by atoms with Gasteiger partial charge in [0, 0.05) is 5.56 Å². The molecule has 0 radical (unpaired) electrons. The molecule has 1 aromatic rings. The highest BCUT2D eigenvalue weighted by Gasteiger charge is 2.12. The van der Waals surface area contributed by atoms with Gasteiger partial charge in [-0.1, -0.05) is 0 Å². The van der Waals surface area contributed by atoms with Crippen molar-refractivity contribution in [2.75, 3.05) is 0 Å². The second-order valence-electron chi connectivity index (χ2n) is 2.58. The molecule has 2 N–H and O–H groups in total. The number of phenolic OH excluding ortho intramolecular Hbond substituents is 1. The van der Waals surface area contributed by atoms with Gasteiger partial charge in [-0.05, 0) is 18.2 Å². The van der Waals surface area contributed by atoms with Gasteiger partial charge in [-0.2, -0.15) is 5.26 Å². The smallest absolute Gasteiger partial charge is 0.123 e. The van der Waals surface area contributed by atoms with Gasteiger partial charge in [-0.3, -0.25) is 0 Å². The predicted octanol–water partition coefficient (Wildman–Crippen LogP) is 1.48. The molecular formula is C9H8FNO2. The molecule has 4 heteroatoms. The summed E-state index contributed by atoms with van der Waals surface area (Å²) in [5.41, 5.74) is 0.0431. The van der Waals surface area contributed by atoms with Crippen LogP contribution in [0.4, 0.5) is 4.39 Å². The Morgan fingerprint density at radius 1 is 1.54 bits per heavy atom. The van der Waals surface area contributed by atoms with Gasteiger partial charge in [0.25, 0.3) is 0 Å². The summed E-state index contributed by atoms with van der Waals surface area (Å²) >= 11 is 0. The number of hydrogen-bond donors (Lipinski definition) is 2. The van der Waals surface area contributed by atoms with Crippen molar-refractivity contribution in [2.24, 2.45) is 0 Å². The summed E-state index contributed by atoms with van der Waals surface area (Å²) in [6.45, 7) is 0. The molecule has 0 aliphatic heterocycles. The second-order valence-corrected chi connectivity index (χ2v) is 2.58. The van der Waals surface area contributed by atoms with E-state index in [0.29, 0.717) is 0 Å². The van der Waals surface area contributed by atoms with E-state index in [1.54, 1.807) is 6.07 Å². The van der Waals surface area contributed by atoms with Crippen molar-refractivity contribution in [1.82, 2.24) is 0 Å². The highest BCUT2D eigenvalue weighted by atomic mass is 19.1. The highest BCUT2D eigenvalue weighted by molar-refractivity contribution is 5.34. The fourth-order valence-corrected chi connectivity index (χ4v) is 0.989. The van der Waals surface area contributed by atoms with Gasteiger partial charge < -0.3 is 10.2 Å². The van der Waals surface area contributed by atoms with Gasteiger partial charge in [0.2, 0.25) is 0 Å². The lowest BCUT2D eigenvalue weighted by Crippen LogP contribution is -1.97. The van der Waals surface area contributed by atoms with Crippen LogP contribution < -0.4 is 0 Å². The normalized spacial score (nSPS) is 12.1. The Hall–Kier alpha value is -1.60. The fraction of sp³-hybridized carbons (Fsp3) is 0.222. The van der Waals surface area contributed by atoms with E-state index in [4.69, 9.17) is 5.26 Å². The van der Waals surface area contributed by atoms with E-state index in [2.05, 4.69) is 0 Å². The van der Waals surface area contributed by atoms with Crippen LogP contribution in [-0.2, 0) is 0 Å². The van der Waals surface area contributed by atoms with Gasteiger partial charge >= 0.3 is 0 Å². The first-order valence-electron chi connectivity index (χ1n) is 3.68. The van der Waals surface area contributed by atoms with Crippen LogP contribution in [0.3, 0.4) is 0 Å². The van der Waals surface area contributed by atoms with Crippen molar-refractivity contribution >= 4 is 0 Å². The van der Waals surface area contributed by atoms with Crippen molar-refractivity contribution in [3.8, 4) is 11.8 Å². The number of nitrogens with zero attached hydrogens (tertiary/aromatic N) is 1. The molecule has 0 aromatic heterocycles. The van der Waals surface area contributed by atoms with E-state index in [-0.39, 0.29) is 17.7 Å². The first-order chi connectivity index (χ1) is 6.15. The lowest BCUT2D eigenvalue weighted by Gasteiger charge is -2.08. The summed E-state index contributed by atoms with van der Waals surface area (Å²) in [6.07, 6.45) is -1.31. The molecule has 0 aliphatic rings. The SMILES string of the molecule is N#CCC(O)c1cc(F)ccc1O. The fourth-order valence-electron chi connectivity index (χ4n) is 0.989. The van der Waals surface area contributed by atoms with E-state index in [9.17, 15) is 14.6 Å². The van der Waals surface area contributed by atoms with E-state index in [1.807, 2.05) is 0 Å². The number of aromatic hydroxyl groups is 1. The maximum Gasteiger partial charge on any atom is 0.123 e. The molecule has 0 fully saturated rings. The van der Waals surface area contributed by atoms with E-state index >= 15 is 0 Å². The molecule has 0 bridgehead atoms. The van der Waals surface area contributed by atoms with Gasteiger partial charge in [0.1, 0.15) is 11.6 Å². The molecule has 0 amide bonds. The Bertz CT molecular complexity index is 346. The van der Waals surface area contributed by atoms with Crippen molar-refractivity contribution in [3.63, 3.8) is 0 Å². The number of rotatable bonds is 2. The zero-order chi connectivity index (χ0) is 9.84. The molecule has 0 spiro atoms. The maximum atomic E-state index is 12.6. The highest BCUT2D eigenvalue weighted by Crippen LogP contribution is 2.26. The summed E-state index contributed by atoms with van der Waals surface area (Å²) in [7, 11) is 0. The molecule has 13 heavy (non-hydrogen) atoms. The van der Waals surface area contributed by atoms with Crippen LogP contribution in [0.5, 0.6) is 5.75 Å². The largest absolute Gasteiger partial charge is 0.508 e. The number of halogens is 1. The molecule has 3 nitrogen and oxygen atoms in total. The molecule has 1 unspecified atom stereocenters. The summed E-state index contributed by atoms with van der Waals surface area (Å²) in [5.74, 6) is -0.756. The van der Waals surface area contributed by atoms with Crippen LogP contribution in [-0.4, -0.2) is 10.2 Å². The average molecular weight is 181 g/mol. The molecule has 0 saturated heterocycles. The number of nitriles is 1. The molecule has 1 rings (SSSR count). The summed E-state index contributed by atoms with van der Waals surface area (Å²) < 4.78 is 12.6. The van der Waals surface area contributed by atoms with E-state index in [1.165, 1.54) is 0 Å². The Kier molecular flexibility index (Phi) is 2.83. The maximum absolute atomic E-state index is 12.6. The number of benzene rings is 1. The topological polar surface area (TPSA) is 64.2 Å². The van der Waals surface area contributed by atoms with Gasteiger partial charge in [-0.25, -0.2) is 4.39 Å².